The van der Waals surface area contributed by atoms with Crippen molar-refractivity contribution < 1.29 is 14.3 Å². The van der Waals surface area contributed by atoms with Crippen molar-refractivity contribution in [1.82, 2.24) is 5.32 Å². The summed E-state index contributed by atoms with van der Waals surface area (Å²) < 4.78 is 11.8. The van der Waals surface area contributed by atoms with E-state index in [0.717, 1.165) is 30.9 Å². The predicted molar refractivity (Wildman–Crippen MR) is 113 cm³/mol. The van der Waals surface area contributed by atoms with E-state index in [9.17, 15) is 4.79 Å². The summed E-state index contributed by atoms with van der Waals surface area (Å²) in [6.45, 7) is 9.13. The van der Waals surface area contributed by atoms with E-state index in [4.69, 9.17) is 9.47 Å². The van der Waals surface area contributed by atoms with Crippen LogP contribution in [0.4, 0.5) is 16.2 Å². The molecule has 0 unspecified atom stereocenters. The van der Waals surface area contributed by atoms with E-state index >= 15 is 0 Å². The lowest BCUT2D eigenvalue weighted by atomic mass is 9.88. The molecule has 0 radical (unpaired) electrons. The third-order valence-electron chi connectivity index (χ3n) is 5.66. The number of nitrogens with zero attached hydrogens (tertiary/aromatic N) is 1. The molecule has 1 aliphatic carbocycles. The first kappa shape index (κ1) is 20.9. The average Bonchev–Trinajstić information content (AvgIpc) is 2.66. The van der Waals surface area contributed by atoms with Crippen LogP contribution in [-0.2, 0) is 9.47 Å². The van der Waals surface area contributed by atoms with Crippen molar-refractivity contribution in [2.75, 3.05) is 36.5 Å². The molecule has 0 aromatic heterocycles. The van der Waals surface area contributed by atoms with Crippen LogP contribution in [0.15, 0.2) is 24.3 Å². The molecule has 6 nitrogen and oxygen atoms in total. The number of morpholine rings is 1. The van der Waals surface area contributed by atoms with Crippen LogP contribution in [0.5, 0.6) is 0 Å². The Kier molecular flexibility index (Phi) is 7.57. The summed E-state index contributed by atoms with van der Waals surface area (Å²) >= 11 is 0. The van der Waals surface area contributed by atoms with E-state index in [2.05, 4.69) is 36.3 Å². The highest BCUT2D eigenvalue weighted by Gasteiger charge is 2.24. The first-order valence-electron chi connectivity index (χ1n) is 10.7. The highest BCUT2D eigenvalue weighted by atomic mass is 16.5. The van der Waals surface area contributed by atoms with Gasteiger partial charge < -0.3 is 25.0 Å². The molecule has 4 atom stereocenters. The van der Waals surface area contributed by atoms with Gasteiger partial charge in [-0.1, -0.05) is 31.9 Å². The second-order valence-corrected chi connectivity index (χ2v) is 8.23. The van der Waals surface area contributed by atoms with Crippen LogP contribution in [0.2, 0.25) is 0 Å². The average molecular weight is 390 g/mol. The van der Waals surface area contributed by atoms with Crippen LogP contribution in [-0.4, -0.2) is 50.6 Å². The lowest BCUT2D eigenvalue weighted by molar-refractivity contribution is -0.00518. The molecule has 0 bridgehead atoms. The van der Waals surface area contributed by atoms with Gasteiger partial charge >= 0.3 is 6.03 Å². The molecule has 2 aliphatic rings. The maximum atomic E-state index is 12.4. The Hall–Kier alpha value is -1.79. The summed E-state index contributed by atoms with van der Waals surface area (Å²) in [7, 11) is 0. The molecule has 1 heterocycles. The van der Waals surface area contributed by atoms with Crippen LogP contribution in [0, 0.1) is 5.92 Å². The summed E-state index contributed by atoms with van der Waals surface area (Å²) in [5, 5.41) is 5.91. The van der Waals surface area contributed by atoms with Crippen LogP contribution >= 0.6 is 0 Å². The van der Waals surface area contributed by atoms with E-state index in [-0.39, 0.29) is 18.2 Å². The van der Waals surface area contributed by atoms with Crippen LogP contribution in [0.1, 0.15) is 46.5 Å². The standard InChI is InChI=1S/C22H35N3O3/c1-16-8-4-7-11-21(16)27-13-12-23-22(26)24-19-9-5-6-10-20(19)25-14-17(2)28-18(3)15-25/h5-6,9-10,16-18,21H,4,7-8,11-15H2,1-3H3,(H2,23,24,26)/t16-,17-,18-,21-/m1/s1. The Balaban J connectivity index is 1.47. The minimum absolute atomic E-state index is 0.171. The third-order valence-corrected chi connectivity index (χ3v) is 5.66. The van der Waals surface area contributed by atoms with Crippen molar-refractivity contribution in [2.45, 2.75) is 64.8 Å². The molecule has 2 fully saturated rings. The number of urea groups is 1. The van der Waals surface area contributed by atoms with E-state index < -0.39 is 0 Å². The van der Waals surface area contributed by atoms with Gasteiger partial charge in [0, 0.05) is 19.6 Å². The monoisotopic (exact) mass is 389 g/mol. The number of hydrogen-bond donors (Lipinski definition) is 2. The molecule has 1 saturated carbocycles. The molecule has 28 heavy (non-hydrogen) atoms. The highest BCUT2D eigenvalue weighted by Crippen LogP contribution is 2.28. The first-order chi connectivity index (χ1) is 13.5. The number of para-hydroxylation sites is 2. The van der Waals surface area contributed by atoms with Gasteiger partial charge in [-0.3, -0.25) is 0 Å². The van der Waals surface area contributed by atoms with Crippen molar-refractivity contribution in [3.8, 4) is 0 Å². The minimum atomic E-state index is -0.193. The Labute approximate surface area is 169 Å². The van der Waals surface area contributed by atoms with Crippen molar-refractivity contribution in [1.29, 1.82) is 0 Å². The molecule has 2 amide bonds. The second-order valence-electron chi connectivity index (χ2n) is 8.23. The topological polar surface area (TPSA) is 62.8 Å². The number of carbonyl (C=O) groups is 1. The Bertz CT molecular complexity index is 629. The molecular formula is C22H35N3O3. The first-order valence-corrected chi connectivity index (χ1v) is 10.7. The minimum Gasteiger partial charge on any atom is -0.376 e. The lowest BCUT2D eigenvalue weighted by Gasteiger charge is -2.37. The van der Waals surface area contributed by atoms with Gasteiger partial charge in [0.15, 0.2) is 0 Å². The highest BCUT2D eigenvalue weighted by molar-refractivity contribution is 5.93. The lowest BCUT2D eigenvalue weighted by Crippen LogP contribution is -2.46. The molecule has 1 aliphatic heterocycles. The number of rotatable bonds is 6. The zero-order valence-corrected chi connectivity index (χ0v) is 17.4. The van der Waals surface area contributed by atoms with Crippen LogP contribution in [0.25, 0.3) is 0 Å². The molecule has 6 heteroatoms. The summed E-state index contributed by atoms with van der Waals surface area (Å²) in [6, 6.07) is 7.75. The van der Waals surface area contributed by atoms with E-state index in [1.807, 2.05) is 24.3 Å². The van der Waals surface area contributed by atoms with Crippen molar-refractivity contribution in [3.05, 3.63) is 24.3 Å². The number of hydrogen-bond acceptors (Lipinski definition) is 4. The molecule has 3 rings (SSSR count). The number of ether oxygens (including phenoxy) is 2. The van der Waals surface area contributed by atoms with Gasteiger partial charge in [0.25, 0.3) is 0 Å². The summed E-state index contributed by atoms with van der Waals surface area (Å²) in [6.07, 6.45) is 5.62. The zero-order valence-electron chi connectivity index (χ0n) is 17.4. The maximum Gasteiger partial charge on any atom is 0.319 e. The Morgan fingerprint density at radius 1 is 1.14 bits per heavy atom. The molecular weight excluding hydrogens is 354 g/mol. The van der Waals surface area contributed by atoms with Gasteiger partial charge in [0.1, 0.15) is 0 Å². The van der Waals surface area contributed by atoms with Crippen molar-refractivity contribution in [3.63, 3.8) is 0 Å². The number of carbonyl (C=O) groups excluding carboxylic acids is 1. The van der Waals surface area contributed by atoms with Crippen molar-refractivity contribution in [2.24, 2.45) is 5.92 Å². The number of amides is 2. The molecule has 1 aromatic rings. The molecule has 2 N–H and O–H groups in total. The molecule has 1 saturated heterocycles. The van der Waals surface area contributed by atoms with E-state index in [0.29, 0.717) is 25.2 Å². The SMILES string of the molecule is C[C@@H]1CN(c2ccccc2NC(=O)NCCO[C@@H]2CCCC[C@H]2C)C[C@@H](C)O1. The summed E-state index contributed by atoms with van der Waals surface area (Å²) in [4.78, 5) is 14.7. The van der Waals surface area contributed by atoms with Gasteiger partial charge in [-0.2, -0.15) is 0 Å². The normalized spacial score (nSPS) is 28.0. The van der Waals surface area contributed by atoms with E-state index in [1.165, 1.54) is 19.3 Å². The van der Waals surface area contributed by atoms with Crippen LogP contribution in [0.3, 0.4) is 0 Å². The Morgan fingerprint density at radius 2 is 1.86 bits per heavy atom. The second kappa shape index (κ2) is 10.1. The predicted octanol–water partition coefficient (Wildman–Crippen LogP) is 4.02. The van der Waals surface area contributed by atoms with Gasteiger partial charge in [-0.25, -0.2) is 4.79 Å². The zero-order chi connectivity index (χ0) is 19.9. The number of benzene rings is 1. The molecule has 156 valence electrons. The third kappa shape index (κ3) is 5.85. The fraction of sp³-hybridized carbons (Fsp3) is 0.682. The molecule has 0 spiro atoms. The smallest absolute Gasteiger partial charge is 0.319 e. The van der Waals surface area contributed by atoms with Gasteiger partial charge in [-0.05, 0) is 44.7 Å². The van der Waals surface area contributed by atoms with Crippen LogP contribution < -0.4 is 15.5 Å². The number of anilines is 2. The van der Waals surface area contributed by atoms with Crippen molar-refractivity contribution >= 4 is 17.4 Å². The maximum absolute atomic E-state index is 12.4. The van der Waals surface area contributed by atoms with E-state index in [1.54, 1.807) is 0 Å². The van der Waals surface area contributed by atoms with Gasteiger partial charge in [0.05, 0.1) is 36.3 Å². The molecule has 1 aromatic carbocycles. The Morgan fingerprint density at radius 3 is 2.61 bits per heavy atom. The number of nitrogens with one attached hydrogen (secondary N) is 2. The fourth-order valence-electron chi connectivity index (χ4n) is 4.30. The summed E-state index contributed by atoms with van der Waals surface area (Å²) in [5.74, 6) is 0.618. The van der Waals surface area contributed by atoms with Gasteiger partial charge in [0.2, 0.25) is 0 Å². The van der Waals surface area contributed by atoms with Gasteiger partial charge in [-0.15, -0.1) is 0 Å². The largest absolute Gasteiger partial charge is 0.376 e. The summed E-state index contributed by atoms with van der Waals surface area (Å²) in [5.41, 5.74) is 1.86. The quantitative estimate of drug-likeness (QED) is 0.722. The fourth-order valence-corrected chi connectivity index (χ4v) is 4.30.